The minimum Gasteiger partial charge on any atom is -0.465 e. The predicted octanol–water partition coefficient (Wildman–Crippen LogP) is 1.02. The molecular formula is C18H13FN2O2. The predicted molar refractivity (Wildman–Crippen MR) is 83.1 cm³/mol. The molecule has 5 heteroatoms. The van der Waals surface area contributed by atoms with E-state index in [1.54, 1.807) is 24.3 Å². The smallest absolute Gasteiger partial charge is 0.337 e. The van der Waals surface area contributed by atoms with Gasteiger partial charge in [0.1, 0.15) is 5.82 Å². The van der Waals surface area contributed by atoms with Gasteiger partial charge < -0.3 is 10.1 Å². The molecule has 0 amide bonds. The Morgan fingerprint density at radius 3 is 2.83 bits per heavy atom. The average Bonchev–Trinajstić information content (AvgIpc) is 2.60. The quantitative estimate of drug-likeness (QED) is 0.842. The molecule has 2 aromatic rings. The Kier molecular flexibility index (Phi) is 3.82. The first-order valence-corrected chi connectivity index (χ1v) is 7.01. The van der Waals surface area contributed by atoms with E-state index in [0.29, 0.717) is 23.4 Å². The number of carbonyl (C=O) groups excluding carboxylic acids is 1. The second kappa shape index (κ2) is 5.93. The van der Waals surface area contributed by atoms with Crippen LogP contribution in [0.4, 0.5) is 4.39 Å². The molecule has 3 rings (SSSR count). The van der Waals surface area contributed by atoms with E-state index in [1.807, 2.05) is 18.2 Å². The number of nitrogens with zero attached hydrogens (tertiary/aromatic N) is 1. The number of fused-ring (bicyclic) bond motifs is 1. The molecule has 0 spiro atoms. The number of esters is 1. The van der Waals surface area contributed by atoms with E-state index in [4.69, 9.17) is 10.00 Å². The van der Waals surface area contributed by atoms with E-state index in [1.165, 1.54) is 13.2 Å². The maximum atomic E-state index is 14.3. The highest BCUT2D eigenvalue weighted by atomic mass is 19.1. The van der Waals surface area contributed by atoms with Crippen LogP contribution < -0.4 is 15.8 Å². The molecule has 0 saturated heterocycles. The lowest BCUT2D eigenvalue weighted by Gasteiger charge is -2.15. The zero-order chi connectivity index (χ0) is 16.4. The largest absolute Gasteiger partial charge is 0.465 e. The molecule has 0 atom stereocenters. The van der Waals surface area contributed by atoms with Crippen LogP contribution in [0, 0.1) is 17.1 Å². The maximum Gasteiger partial charge on any atom is 0.337 e. The Bertz CT molecular complexity index is 958. The SMILES string of the molecule is COC(=O)c1ccc2c(c1)=C(c1ccc(C#N)cc1F)NCC=2. The molecule has 23 heavy (non-hydrogen) atoms. The van der Waals surface area contributed by atoms with Gasteiger partial charge in [-0.1, -0.05) is 12.1 Å². The van der Waals surface area contributed by atoms with E-state index < -0.39 is 11.8 Å². The van der Waals surface area contributed by atoms with Crippen molar-refractivity contribution in [1.82, 2.24) is 5.32 Å². The van der Waals surface area contributed by atoms with Gasteiger partial charge in [0, 0.05) is 17.3 Å². The van der Waals surface area contributed by atoms with Crippen LogP contribution in [0.15, 0.2) is 36.4 Å². The molecule has 0 fully saturated rings. The van der Waals surface area contributed by atoms with Crippen molar-refractivity contribution in [2.45, 2.75) is 0 Å². The summed E-state index contributed by atoms with van der Waals surface area (Å²) in [5.41, 5.74) is 1.61. The van der Waals surface area contributed by atoms with Crippen LogP contribution in [0.3, 0.4) is 0 Å². The van der Waals surface area contributed by atoms with Crippen molar-refractivity contribution < 1.29 is 13.9 Å². The van der Waals surface area contributed by atoms with Crippen LogP contribution in [0.1, 0.15) is 21.5 Å². The molecule has 1 aliphatic heterocycles. The summed E-state index contributed by atoms with van der Waals surface area (Å²) in [6, 6.07) is 11.4. The van der Waals surface area contributed by atoms with Gasteiger partial charge >= 0.3 is 5.97 Å². The van der Waals surface area contributed by atoms with Crippen molar-refractivity contribution >= 4 is 17.7 Å². The first-order valence-electron chi connectivity index (χ1n) is 7.01. The molecule has 0 bridgehead atoms. The highest BCUT2D eigenvalue weighted by molar-refractivity contribution is 5.89. The number of carbonyl (C=O) groups is 1. The Morgan fingerprint density at radius 1 is 1.30 bits per heavy atom. The lowest BCUT2D eigenvalue weighted by atomic mass is 10.0. The molecule has 4 nitrogen and oxygen atoms in total. The summed E-state index contributed by atoms with van der Waals surface area (Å²) >= 11 is 0. The molecule has 0 aromatic heterocycles. The summed E-state index contributed by atoms with van der Waals surface area (Å²) in [5.74, 6) is -0.930. The summed E-state index contributed by atoms with van der Waals surface area (Å²) in [7, 11) is 1.32. The maximum absolute atomic E-state index is 14.3. The highest BCUT2D eigenvalue weighted by Gasteiger charge is 2.14. The third-order valence-corrected chi connectivity index (χ3v) is 3.71. The molecule has 0 radical (unpaired) electrons. The van der Waals surface area contributed by atoms with Crippen molar-refractivity contribution in [3.63, 3.8) is 0 Å². The minimum absolute atomic E-state index is 0.262. The summed E-state index contributed by atoms with van der Waals surface area (Å²) < 4.78 is 19.1. The van der Waals surface area contributed by atoms with E-state index in [0.717, 1.165) is 10.4 Å². The van der Waals surface area contributed by atoms with Gasteiger partial charge in [0.25, 0.3) is 0 Å². The third kappa shape index (κ3) is 2.67. The van der Waals surface area contributed by atoms with E-state index in [-0.39, 0.29) is 5.56 Å². The van der Waals surface area contributed by atoms with Gasteiger partial charge in [-0.25, -0.2) is 9.18 Å². The molecule has 114 valence electrons. The number of methoxy groups -OCH3 is 1. The molecule has 0 aliphatic carbocycles. The van der Waals surface area contributed by atoms with Crippen LogP contribution in [-0.2, 0) is 4.74 Å². The normalized spacial score (nSPS) is 12.5. The fraction of sp³-hybridized carbons (Fsp3) is 0.111. The molecule has 1 heterocycles. The fourth-order valence-corrected chi connectivity index (χ4v) is 2.58. The van der Waals surface area contributed by atoms with Gasteiger partial charge in [0.15, 0.2) is 0 Å². The molecular weight excluding hydrogens is 295 g/mol. The molecule has 2 aromatic carbocycles. The second-order valence-electron chi connectivity index (χ2n) is 5.06. The van der Waals surface area contributed by atoms with Crippen LogP contribution in [0.25, 0.3) is 11.8 Å². The standard InChI is InChI=1S/C18H13FN2O2/c1-23-18(22)13-4-3-12-6-7-21-17(15(12)9-13)14-5-2-11(10-20)8-16(14)19/h2-6,8-9,21H,7H2,1H3. The first-order chi connectivity index (χ1) is 11.1. The number of rotatable bonds is 2. The number of benzene rings is 2. The van der Waals surface area contributed by atoms with Gasteiger partial charge in [0.2, 0.25) is 0 Å². The highest BCUT2D eigenvalue weighted by Crippen LogP contribution is 2.16. The molecule has 1 aliphatic rings. The van der Waals surface area contributed by atoms with Gasteiger partial charge in [-0.3, -0.25) is 0 Å². The van der Waals surface area contributed by atoms with Crippen molar-refractivity contribution in [3.05, 3.63) is 69.3 Å². The number of ether oxygens (including phenoxy) is 1. The summed E-state index contributed by atoms with van der Waals surface area (Å²) in [4.78, 5) is 11.7. The summed E-state index contributed by atoms with van der Waals surface area (Å²) in [6.45, 7) is 0.555. The summed E-state index contributed by atoms with van der Waals surface area (Å²) in [6.07, 6.45) is 1.96. The molecule has 1 N–H and O–H groups in total. The van der Waals surface area contributed by atoms with E-state index >= 15 is 0 Å². The van der Waals surface area contributed by atoms with Crippen molar-refractivity contribution in [1.29, 1.82) is 5.26 Å². The molecule has 0 saturated carbocycles. The van der Waals surface area contributed by atoms with Crippen LogP contribution in [0.2, 0.25) is 0 Å². The lowest BCUT2D eigenvalue weighted by molar-refractivity contribution is 0.0600. The van der Waals surface area contributed by atoms with Crippen LogP contribution >= 0.6 is 0 Å². The Balaban J connectivity index is 2.27. The average molecular weight is 308 g/mol. The number of nitrogens with one attached hydrogen (secondary N) is 1. The van der Waals surface area contributed by atoms with E-state index in [2.05, 4.69) is 5.32 Å². The van der Waals surface area contributed by atoms with Crippen LogP contribution in [0.5, 0.6) is 0 Å². The van der Waals surface area contributed by atoms with Gasteiger partial charge in [0.05, 0.1) is 30.0 Å². The van der Waals surface area contributed by atoms with Crippen molar-refractivity contribution in [2.75, 3.05) is 13.7 Å². The zero-order valence-electron chi connectivity index (χ0n) is 12.4. The number of hydrogen-bond donors (Lipinski definition) is 1. The van der Waals surface area contributed by atoms with Crippen molar-refractivity contribution in [3.8, 4) is 6.07 Å². The lowest BCUT2D eigenvalue weighted by Crippen LogP contribution is -2.38. The minimum atomic E-state index is -0.483. The van der Waals surface area contributed by atoms with Gasteiger partial charge in [-0.2, -0.15) is 5.26 Å². The Labute approximate surface area is 132 Å². The first kappa shape index (κ1) is 14.8. The fourth-order valence-electron chi connectivity index (χ4n) is 2.58. The van der Waals surface area contributed by atoms with E-state index in [9.17, 15) is 9.18 Å². The Hall–Kier alpha value is -3.13. The Morgan fingerprint density at radius 2 is 2.13 bits per heavy atom. The van der Waals surface area contributed by atoms with Gasteiger partial charge in [-0.15, -0.1) is 0 Å². The van der Waals surface area contributed by atoms with Crippen molar-refractivity contribution in [2.24, 2.45) is 0 Å². The zero-order valence-corrected chi connectivity index (χ0v) is 12.4. The second-order valence-corrected chi connectivity index (χ2v) is 5.06. The van der Waals surface area contributed by atoms with Crippen LogP contribution in [-0.4, -0.2) is 19.6 Å². The number of nitriles is 1. The topological polar surface area (TPSA) is 62.1 Å². The van der Waals surface area contributed by atoms with Gasteiger partial charge in [-0.05, 0) is 35.6 Å². The third-order valence-electron chi connectivity index (χ3n) is 3.71. The molecule has 0 unspecified atom stereocenters. The summed E-state index contributed by atoms with van der Waals surface area (Å²) in [5, 5.41) is 13.6. The number of halogens is 1. The monoisotopic (exact) mass is 308 g/mol. The number of hydrogen-bond acceptors (Lipinski definition) is 4.